The van der Waals surface area contributed by atoms with E-state index >= 15 is 0 Å². The van der Waals surface area contributed by atoms with Gasteiger partial charge in [-0.25, -0.2) is 0 Å². The van der Waals surface area contributed by atoms with Gasteiger partial charge >= 0.3 is 5.69 Å². The number of nitro benzene ring substituents is 1. The predicted octanol–water partition coefficient (Wildman–Crippen LogP) is 1.63. The Morgan fingerprint density at radius 2 is 2.35 bits per heavy atom. The van der Waals surface area contributed by atoms with E-state index in [0.29, 0.717) is 11.8 Å². The van der Waals surface area contributed by atoms with E-state index in [1.807, 2.05) is 0 Å². The molecule has 106 valence electrons. The van der Waals surface area contributed by atoms with Gasteiger partial charge in [0.15, 0.2) is 5.75 Å². The SMILES string of the molecule is COc1ccc(OCC(C#N)NC2CC2)c([N+](=O)[O-])c1. The minimum absolute atomic E-state index is 0.0696. The summed E-state index contributed by atoms with van der Waals surface area (Å²) in [6.07, 6.45) is 2.11. The van der Waals surface area contributed by atoms with Crippen molar-refractivity contribution in [1.82, 2.24) is 5.32 Å². The van der Waals surface area contributed by atoms with E-state index < -0.39 is 11.0 Å². The fraction of sp³-hybridized carbons (Fsp3) is 0.462. The second-order valence-electron chi connectivity index (χ2n) is 4.52. The summed E-state index contributed by atoms with van der Waals surface area (Å²) in [5, 5.41) is 23.1. The smallest absolute Gasteiger partial charge is 0.314 e. The molecule has 1 aromatic rings. The summed E-state index contributed by atoms with van der Waals surface area (Å²) < 4.78 is 10.3. The number of hydrogen-bond donors (Lipinski definition) is 1. The molecule has 1 saturated carbocycles. The lowest BCUT2D eigenvalue weighted by Crippen LogP contribution is -2.34. The van der Waals surface area contributed by atoms with Crippen LogP contribution in [0.15, 0.2) is 18.2 Å². The second-order valence-corrected chi connectivity index (χ2v) is 4.52. The zero-order chi connectivity index (χ0) is 14.5. The first-order valence-electron chi connectivity index (χ1n) is 6.25. The molecule has 7 nitrogen and oxygen atoms in total. The molecule has 1 unspecified atom stereocenters. The molecule has 1 N–H and O–H groups in total. The van der Waals surface area contributed by atoms with Gasteiger partial charge in [0, 0.05) is 6.04 Å². The number of nitriles is 1. The monoisotopic (exact) mass is 277 g/mol. The molecule has 2 rings (SSSR count). The number of ether oxygens (including phenoxy) is 2. The van der Waals surface area contributed by atoms with Crippen molar-refractivity contribution in [3.05, 3.63) is 28.3 Å². The summed E-state index contributed by atoms with van der Waals surface area (Å²) in [5.74, 6) is 0.519. The summed E-state index contributed by atoms with van der Waals surface area (Å²) in [7, 11) is 1.44. The van der Waals surface area contributed by atoms with E-state index in [9.17, 15) is 10.1 Å². The van der Waals surface area contributed by atoms with Crippen LogP contribution in [0.1, 0.15) is 12.8 Å². The van der Waals surface area contributed by atoms with Gasteiger partial charge in [-0.15, -0.1) is 0 Å². The highest BCUT2D eigenvalue weighted by Crippen LogP contribution is 2.31. The maximum atomic E-state index is 11.0. The van der Waals surface area contributed by atoms with Crippen molar-refractivity contribution in [2.24, 2.45) is 0 Å². The van der Waals surface area contributed by atoms with E-state index in [1.54, 1.807) is 6.07 Å². The third-order valence-electron chi connectivity index (χ3n) is 2.94. The van der Waals surface area contributed by atoms with Crippen LogP contribution >= 0.6 is 0 Å². The summed E-state index contributed by atoms with van der Waals surface area (Å²) in [5.41, 5.74) is -0.174. The first-order valence-corrected chi connectivity index (χ1v) is 6.25. The first-order chi connectivity index (χ1) is 9.63. The van der Waals surface area contributed by atoms with Crippen LogP contribution in [0.2, 0.25) is 0 Å². The predicted molar refractivity (Wildman–Crippen MR) is 70.7 cm³/mol. The van der Waals surface area contributed by atoms with Gasteiger partial charge in [-0.1, -0.05) is 0 Å². The molecule has 20 heavy (non-hydrogen) atoms. The summed E-state index contributed by atoms with van der Waals surface area (Å²) in [6.45, 7) is 0.0696. The summed E-state index contributed by atoms with van der Waals surface area (Å²) in [4.78, 5) is 10.4. The quantitative estimate of drug-likeness (QED) is 0.601. The first kappa shape index (κ1) is 14.1. The topological polar surface area (TPSA) is 97.4 Å². The van der Waals surface area contributed by atoms with Crippen molar-refractivity contribution < 1.29 is 14.4 Å². The maximum absolute atomic E-state index is 11.0. The fourth-order valence-electron chi connectivity index (χ4n) is 1.72. The van der Waals surface area contributed by atoms with Crippen molar-refractivity contribution in [1.29, 1.82) is 5.26 Å². The van der Waals surface area contributed by atoms with Gasteiger partial charge in [-0.05, 0) is 25.0 Å². The Hall–Kier alpha value is -2.33. The van der Waals surface area contributed by atoms with E-state index in [0.717, 1.165) is 12.8 Å². The Labute approximate surface area is 116 Å². The van der Waals surface area contributed by atoms with Crippen LogP contribution in [0.4, 0.5) is 5.69 Å². The van der Waals surface area contributed by atoms with Gasteiger partial charge in [-0.2, -0.15) is 5.26 Å². The van der Waals surface area contributed by atoms with E-state index in [2.05, 4.69) is 11.4 Å². The van der Waals surface area contributed by atoms with E-state index in [4.69, 9.17) is 14.7 Å². The van der Waals surface area contributed by atoms with Crippen molar-refractivity contribution in [2.45, 2.75) is 24.9 Å². The minimum atomic E-state index is -0.534. The van der Waals surface area contributed by atoms with Crippen LogP contribution in [-0.4, -0.2) is 30.7 Å². The molecule has 1 aliphatic carbocycles. The third-order valence-corrected chi connectivity index (χ3v) is 2.94. The van der Waals surface area contributed by atoms with Crippen LogP contribution in [-0.2, 0) is 0 Å². The Kier molecular flexibility index (Phi) is 4.38. The summed E-state index contributed by atoms with van der Waals surface area (Å²) in [6, 6.07) is 6.34. The van der Waals surface area contributed by atoms with Gasteiger partial charge in [0.1, 0.15) is 18.4 Å². The Morgan fingerprint density at radius 1 is 1.60 bits per heavy atom. The normalized spacial score (nSPS) is 15.2. The molecule has 0 spiro atoms. The maximum Gasteiger partial charge on any atom is 0.314 e. The molecule has 0 heterocycles. The Balaban J connectivity index is 2.04. The average Bonchev–Trinajstić information content (AvgIpc) is 3.27. The second kappa shape index (κ2) is 6.21. The molecule has 0 amide bonds. The molecule has 1 aromatic carbocycles. The van der Waals surface area contributed by atoms with Crippen LogP contribution in [0.25, 0.3) is 0 Å². The van der Waals surface area contributed by atoms with Gasteiger partial charge in [0.05, 0.1) is 24.2 Å². The Bertz CT molecular complexity index is 537. The number of hydrogen-bond acceptors (Lipinski definition) is 6. The number of rotatable bonds is 7. The van der Waals surface area contributed by atoms with Gasteiger partial charge in [0.2, 0.25) is 0 Å². The van der Waals surface area contributed by atoms with Crippen molar-refractivity contribution >= 4 is 5.69 Å². The van der Waals surface area contributed by atoms with Gasteiger partial charge in [-0.3, -0.25) is 15.4 Å². The molecule has 1 atom stereocenters. The number of methoxy groups -OCH3 is 1. The summed E-state index contributed by atoms with van der Waals surface area (Å²) >= 11 is 0. The van der Waals surface area contributed by atoms with Crippen molar-refractivity contribution in [3.8, 4) is 17.6 Å². The highest BCUT2D eigenvalue weighted by atomic mass is 16.6. The number of nitro groups is 1. The molecular formula is C13H15N3O4. The van der Waals surface area contributed by atoms with E-state index in [1.165, 1.54) is 19.2 Å². The molecule has 0 aliphatic heterocycles. The molecule has 0 radical (unpaired) electrons. The van der Waals surface area contributed by atoms with Crippen LogP contribution < -0.4 is 14.8 Å². The number of nitrogens with one attached hydrogen (secondary N) is 1. The number of nitrogens with zero attached hydrogens (tertiary/aromatic N) is 2. The van der Waals surface area contributed by atoms with Crippen molar-refractivity contribution in [2.75, 3.05) is 13.7 Å². The zero-order valence-electron chi connectivity index (χ0n) is 11.0. The lowest BCUT2D eigenvalue weighted by Gasteiger charge is -2.12. The molecule has 0 saturated heterocycles. The zero-order valence-corrected chi connectivity index (χ0v) is 11.0. The minimum Gasteiger partial charge on any atom is -0.496 e. The van der Waals surface area contributed by atoms with Crippen LogP contribution in [0.5, 0.6) is 11.5 Å². The van der Waals surface area contributed by atoms with Crippen LogP contribution in [0.3, 0.4) is 0 Å². The third kappa shape index (κ3) is 3.59. The highest BCUT2D eigenvalue weighted by Gasteiger charge is 2.25. The molecular weight excluding hydrogens is 262 g/mol. The van der Waals surface area contributed by atoms with Gasteiger partial charge in [0.25, 0.3) is 0 Å². The lowest BCUT2D eigenvalue weighted by atomic mass is 10.2. The number of benzene rings is 1. The van der Waals surface area contributed by atoms with E-state index in [-0.39, 0.29) is 18.0 Å². The highest BCUT2D eigenvalue weighted by molar-refractivity contribution is 5.50. The molecule has 0 bridgehead atoms. The average molecular weight is 277 g/mol. The van der Waals surface area contributed by atoms with Crippen molar-refractivity contribution in [3.63, 3.8) is 0 Å². The lowest BCUT2D eigenvalue weighted by molar-refractivity contribution is -0.385. The van der Waals surface area contributed by atoms with Gasteiger partial charge < -0.3 is 9.47 Å². The standard InChI is InChI=1S/C13H15N3O4/c1-19-11-4-5-13(12(6-11)16(17)18)20-8-10(7-14)15-9-2-3-9/h4-6,9-10,15H,2-3,8H2,1H3. The molecule has 1 aliphatic rings. The Morgan fingerprint density at radius 3 is 2.90 bits per heavy atom. The largest absolute Gasteiger partial charge is 0.496 e. The molecule has 7 heteroatoms. The molecule has 1 fully saturated rings. The fourth-order valence-corrected chi connectivity index (χ4v) is 1.72. The molecule has 0 aromatic heterocycles. The van der Waals surface area contributed by atoms with Crippen LogP contribution in [0, 0.1) is 21.4 Å².